The van der Waals surface area contributed by atoms with Gasteiger partial charge in [0.25, 0.3) is 0 Å². The van der Waals surface area contributed by atoms with Crippen molar-refractivity contribution in [3.63, 3.8) is 0 Å². The molecule has 0 radical (unpaired) electrons. The lowest BCUT2D eigenvalue weighted by Crippen LogP contribution is -2.38. The second kappa shape index (κ2) is 8.57. The van der Waals surface area contributed by atoms with Crippen LogP contribution in [0.5, 0.6) is 0 Å². The fraction of sp³-hybridized carbons (Fsp3) is 0.550. The summed E-state index contributed by atoms with van der Waals surface area (Å²) in [6, 6.07) is 7.83. The highest BCUT2D eigenvalue weighted by atomic mass is 35.5. The maximum Gasteiger partial charge on any atom is 0.225 e. The molecule has 0 spiro atoms. The van der Waals surface area contributed by atoms with Crippen LogP contribution in [0.25, 0.3) is 0 Å². The van der Waals surface area contributed by atoms with Crippen LogP contribution >= 0.6 is 23.1 Å². The van der Waals surface area contributed by atoms with Gasteiger partial charge in [0.05, 0.1) is 0 Å². The van der Waals surface area contributed by atoms with E-state index >= 15 is 0 Å². The molecule has 1 aliphatic heterocycles. The summed E-state index contributed by atoms with van der Waals surface area (Å²) in [7, 11) is 0. The van der Waals surface area contributed by atoms with Crippen molar-refractivity contribution in [3.8, 4) is 0 Å². The molecule has 27 heavy (non-hydrogen) atoms. The molecule has 1 amide bonds. The van der Waals surface area contributed by atoms with Gasteiger partial charge >= 0.3 is 0 Å². The van der Waals surface area contributed by atoms with Gasteiger partial charge in [0.15, 0.2) is 0 Å². The Hall–Kier alpha value is -1.66. The molecule has 0 N–H and O–H groups in total. The molecule has 1 aromatic carbocycles. The summed E-state index contributed by atoms with van der Waals surface area (Å²) in [5, 5.41) is 1.71. The fourth-order valence-electron chi connectivity index (χ4n) is 3.99. The minimum Gasteiger partial charge on any atom is -0.345 e. The number of rotatable bonds is 4. The first-order chi connectivity index (χ1) is 13.2. The van der Waals surface area contributed by atoms with E-state index in [1.807, 2.05) is 24.3 Å². The molecular formula is C20H25ClN4OS. The van der Waals surface area contributed by atoms with Gasteiger partial charge in [-0.15, -0.1) is 0 Å². The Balaban J connectivity index is 1.36. The Labute approximate surface area is 169 Å². The number of benzene rings is 1. The number of hydrogen-bond donors (Lipinski definition) is 0. The molecule has 2 fully saturated rings. The SMILES string of the molecule is O=C(C1CCCC1)N1CCCN(c2nc(Cc3ccc(Cl)cc3)ns2)CC1. The first-order valence-electron chi connectivity index (χ1n) is 9.80. The van der Waals surface area contributed by atoms with Crippen molar-refractivity contribution in [3.05, 3.63) is 40.7 Å². The predicted molar refractivity (Wildman–Crippen MR) is 110 cm³/mol. The van der Waals surface area contributed by atoms with Crippen molar-refractivity contribution in [2.45, 2.75) is 38.5 Å². The highest BCUT2D eigenvalue weighted by Crippen LogP contribution is 2.27. The third-order valence-corrected chi connectivity index (χ3v) is 6.58. The lowest BCUT2D eigenvalue weighted by atomic mass is 10.1. The average Bonchev–Trinajstić information content (AvgIpc) is 3.31. The maximum atomic E-state index is 12.7. The van der Waals surface area contributed by atoms with Crippen LogP contribution in [0.1, 0.15) is 43.5 Å². The quantitative estimate of drug-likeness (QED) is 0.772. The highest BCUT2D eigenvalue weighted by Gasteiger charge is 2.28. The first kappa shape index (κ1) is 18.7. The zero-order chi connectivity index (χ0) is 18.6. The zero-order valence-electron chi connectivity index (χ0n) is 15.4. The van der Waals surface area contributed by atoms with E-state index in [-0.39, 0.29) is 5.92 Å². The molecule has 1 aliphatic carbocycles. The molecule has 0 unspecified atom stereocenters. The third kappa shape index (κ3) is 4.61. The van der Waals surface area contributed by atoms with Crippen LogP contribution in [0.15, 0.2) is 24.3 Å². The van der Waals surface area contributed by atoms with Crippen molar-refractivity contribution in [1.29, 1.82) is 0 Å². The predicted octanol–water partition coefficient (Wildman–Crippen LogP) is 4.01. The second-order valence-electron chi connectivity index (χ2n) is 7.44. The van der Waals surface area contributed by atoms with Crippen LogP contribution in [-0.2, 0) is 11.2 Å². The summed E-state index contributed by atoms with van der Waals surface area (Å²) >= 11 is 7.41. The summed E-state index contributed by atoms with van der Waals surface area (Å²) in [6.07, 6.45) is 6.26. The maximum absolute atomic E-state index is 12.7. The Morgan fingerprint density at radius 1 is 1.07 bits per heavy atom. The minimum absolute atomic E-state index is 0.268. The monoisotopic (exact) mass is 404 g/mol. The molecule has 0 bridgehead atoms. The van der Waals surface area contributed by atoms with Gasteiger partial charge in [-0.25, -0.2) is 4.98 Å². The number of carbonyl (C=O) groups excluding carboxylic acids is 1. The summed E-state index contributed by atoms with van der Waals surface area (Å²) in [5.41, 5.74) is 1.16. The van der Waals surface area contributed by atoms with E-state index in [1.165, 1.54) is 24.4 Å². The Morgan fingerprint density at radius 3 is 2.63 bits per heavy atom. The van der Waals surface area contributed by atoms with Gasteiger partial charge in [-0.3, -0.25) is 4.79 Å². The Kier molecular flexibility index (Phi) is 5.93. The van der Waals surface area contributed by atoms with Crippen molar-refractivity contribution in [2.75, 3.05) is 31.1 Å². The molecule has 2 aliphatic rings. The molecule has 2 aromatic rings. The Bertz CT molecular complexity index is 773. The van der Waals surface area contributed by atoms with E-state index in [0.29, 0.717) is 12.3 Å². The fourth-order valence-corrected chi connectivity index (χ4v) is 4.85. The molecule has 7 heteroatoms. The molecule has 5 nitrogen and oxygen atoms in total. The number of amides is 1. The average molecular weight is 405 g/mol. The first-order valence-corrected chi connectivity index (χ1v) is 10.9. The number of anilines is 1. The van der Waals surface area contributed by atoms with E-state index in [2.05, 4.69) is 14.2 Å². The third-order valence-electron chi connectivity index (χ3n) is 5.52. The molecule has 4 rings (SSSR count). The molecule has 0 atom stereocenters. The second-order valence-corrected chi connectivity index (χ2v) is 8.61. The van der Waals surface area contributed by atoms with Crippen molar-refractivity contribution >= 4 is 34.2 Å². The van der Waals surface area contributed by atoms with Gasteiger partial charge in [0, 0.05) is 55.1 Å². The highest BCUT2D eigenvalue weighted by molar-refractivity contribution is 7.09. The van der Waals surface area contributed by atoms with Crippen LogP contribution in [0.3, 0.4) is 0 Å². The largest absolute Gasteiger partial charge is 0.345 e. The van der Waals surface area contributed by atoms with Gasteiger partial charge in [-0.2, -0.15) is 4.37 Å². The molecule has 144 valence electrons. The van der Waals surface area contributed by atoms with Gasteiger partial charge in [-0.05, 0) is 37.0 Å². The van der Waals surface area contributed by atoms with Gasteiger partial charge < -0.3 is 9.80 Å². The number of nitrogens with zero attached hydrogens (tertiary/aromatic N) is 4. The van der Waals surface area contributed by atoms with Crippen LogP contribution in [0, 0.1) is 5.92 Å². The molecule has 1 aromatic heterocycles. The summed E-state index contributed by atoms with van der Waals surface area (Å²) < 4.78 is 4.53. The number of carbonyl (C=O) groups is 1. The summed E-state index contributed by atoms with van der Waals surface area (Å²) in [4.78, 5) is 21.8. The van der Waals surface area contributed by atoms with Gasteiger partial charge in [0.2, 0.25) is 11.0 Å². The lowest BCUT2D eigenvalue weighted by molar-refractivity contribution is -0.135. The molecule has 1 saturated carbocycles. The van der Waals surface area contributed by atoms with Crippen LogP contribution < -0.4 is 4.90 Å². The molecule has 2 heterocycles. The van der Waals surface area contributed by atoms with E-state index in [9.17, 15) is 4.79 Å². The Morgan fingerprint density at radius 2 is 1.85 bits per heavy atom. The van der Waals surface area contributed by atoms with Crippen molar-refractivity contribution < 1.29 is 4.79 Å². The molecule has 1 saturated heterocycles. The smallest absolute Gasteiger partial charge is 0.225 e. The summed E-state index contributed by atoms with van der Waals surface area (Å²) in [6.45, 7) is 3.43. The van der Waals surface area contributed by atoms with E-state index < -0.39 is 0 Å². The minimum atomic E-state index is 0.268. The number of halogens is 1. The number of aromatic nitrogens is 2. The van der Waals surface area contributed by atoms with Crippen LogP contribution in [0.4, 0.5) is 5.13 Å². The zero-order valence-corrected chi connectivity index (χ0v) is 17.0. The van der Waals surface area contributed by atoms with E-state index in [4.69, 9.17) is 16.6 Å². The lowest BCUT2D eigenvalue weighted by Gasteiger charge is -2.24. The van der Waals surface area contributed by atoms with Gasteiger partial charge in [0.1, 0.15) is 5.82 Å². The van der Waals surface area contributed by atoms with Crippen molar-refractivity contribution in [2.24, 2.45) is 5.92 Å². The van der Waals surface area contributed by atoms with E-state index in [0.717, 1.165) is 67.0 Å². The molecular weight excluding hydrogens is 380 g/mol. The topological polar surface area (TPSA) is 49.3 Å². The van der Waals surface area contributed by atoms with Gasteiger partial charge in [-0.1, -0.05) is 36.6 Å². The summed E-state index contributed by atoms with van der Waals surface area (Å²) in [5.74, 6) is 1.49. The normalized spacial score (nSPS) is 18.7. The van der Waals surface area contributed by atoms with Crippen LogP contribution in [0.2, 0.25) is 5.02 Å². The van der Waals surface area contributed by atoms with Crippen molar-refractivity contribution in [1.82, 2.24) is 14.3 Å². The van der Waals surface area contributed by atoms with E-state index in [1.54, 1.807) is 0 Å². The standard InChI is InChI=1S/C20H25ClN4OS/c21-17-8-6-15(7-9-17)14-18-22-20(27-23-18)25-11-3-10-24(12-13-25)19(26)16-4-1-2-5-16/h6-9,16H,1-5,10-14H2. The van der Waals surface area contributed by atoms with Crippen LogP contribution in [-0.4, -0.2) is 46.3 Å². The number of hydrogen-bond acceptors (Lipinski definition) is 5.